The molecule has 0 radical (unpaired) electrons. The first-order chi connectivity index (χ1) is 6.24. The summed E-state index contributed by atoms with van der Waals surface area (Å²) in [4.78, 5) is 11.3. The molecule has 1 N–H and O–H groups in total. The van der Waals surface area contributed by atoms with Gasteiger partial charge in [-0.05, 0) is 19.4 Å². The van der Waals surface area contributed by atoms with Gasteiger partial charge in [0.15, 0.2) is 0 Å². The molecule has 3 nitrogen and oxygen atoms in total. The van der Waals surface area contributed by atoms with E-state index in [-0.39, 0.29) is 5.91 Å². The van der Waals surface area contributed by atoms with Gasteiger partial charge in [-0.25, -0.2) is 0 Å². The van der Waals surface area contributed by atoms with E-state index < -0.39 is 0 Å². The molecule has 0 saturated carbocycles. The van der Waals surface area contributed by atoms with Gasteiger partial charge in [0.25, 0.3) is 5.91 Å². The van der Waals surface area contributed by atoms with Crippen LogP contribution >= 0.6 is 15.9 Å². The maximum atomic E-state index is 11.3. The number of carbonyl (C=O) groups is 1. The fourth-order valence-corrected chi connectivity index (χ4v) is 1.21. The van der Waals surface area contributed by atoms with E-state index in [0.29, 0.717) is 12.1 Å². The van der Waals surface area contributed by atoms with E-state index in [2.05, 4.69) is 21.2 Å². The minimum Gasteiger partial charge on any atom is -0.469 e. The number of furan rings is 1. The third-order valence-electron chi connectivity index (χ3n) is 1.59. The van der Waals surface area contributed by atoms with Gasteiger partial charge in [-0.15, -0.1) is 0 Å². The van der Waals surface area contributed by atoms with Crippen molar-refractivity contribution in [3.63, 3.8) is 0 Å². The van der Waals surface area contributed by atoms with Crippen LogP contribution in [0.5, 0.6) is 0 Å². The lowest BCUT2D eigenvalue weighted by molar-refractivity contribution is 0.0953. The van der Waals surface area contributed by atoms with Gasteiger partial charge in [-0.2, -0.15) is 0 Å². The molecule has 0 atom stereocenters. The second-order valence-electron chi connectivity index (χ2n) is 2.74. The number of carbonyl (C=O) groups excluding carboxylic acids is 1. The molecule has 0 fully saturated rings. The molecule has 1 aromatic heterocycles. The van der Waals surface area contributed by atoms with Gasteiger partial charge in [0, 0.05) is 11.9 Å². The zero-order valence-corrected chi connectivity index (χ0v) is 9.06. The van der Waals surface area contributed by atoms with Crippen molar-refractivity contribution >= 4 is 21.8 Å². The summed E-state index contributed by atoms with van der Waals surface area (Å²) in [6, 6.07) is 1.73. The number of halogens is 1. The van der Waals surface area contributed by atoms with Crippen molar-refractivity contribution in [1.29, 1.82) is 0 Å². The van der Waals surface area contributed by atoms with Crippen molar-refractivity contribution in [3.05, 3.63) is 23.7 Å². The average Bonchev–Trinajstić information content (AvgIpc) is 2.52. The third kappa shape index (κ3) is 3.22. The van der Waals surface area contributed by atoms with E-state index in [1.165, 1.54) is 6.26 Å². The minimum atomic E-state index is -0.0715. The zero-order valence-electron chi connectivity index (χ0n) is 7.47. The van der Waals surface area contributed by atoms with E-state index in [9.17, 15) is 4.79 Å². The van der Waals surface area contributed by atoms with Crippen molar-refractivity contribution in [2.45, 2.75) is 13.3 Å². The van der Waals surface area contributed by atoms with Crippen LogP contribution in [0, 0.1) is 6.92 Å². The monoisotopic (exact) mass is 245 g/mol. The molecule has 0 bridgehead atoms. The number of nitrogens with one attached hydrogen (secondary N) is 1. The van der Waals surface area contributed by atoms with Crippen LogP contribution in [0.2, 0.25) is 0 Å². The first-order valence-electron chi connectivity index (χ1n) is 4.13. The highest BCUT2D eigenvalue weighted by atomic mass is 79.9. The predicted molar refractivity (Wildman–Crippen MR) is 54.2 cm³/mol. The van der Waals surface area contributed by atoms with Crippen LogP contribution in [0.15, 0.2) is 16.7 Å². The third-order valence-corrected chi connectivity index (χ3v) is 2.15. The van der Waals surface area contributed by atoms with E-state index in [1.807, 2.05) is 6.92 Å². The summed E-state index contributed by atoms with van der Waals surface area (Å²) in [6.45, 7) is 2.50. The molecule has 0 unspecified atom stereocenters. The van der Waals surface area contributed by atoms with Crippen molar-refractivity contribution in [3.8, 4) is 0 Å². The first-order valence-corrected chi connectivity index (χ1v) is 5.25. The van der Waals surface area contributed by atoms with Gasteiger partial charge in [0.1, 0.15) is 12.0 Å². The molecule has 13 heavy (non-hydrogen) atoms. The van der Waals surface area contributed by atoms with Gasteiger partial charge in [0.2, 0.25) is 0 Å². The summed E-state index contributed by atoms with van der Waals surface area (Å²) in [6.07, 6.45) is 2.40. The first kappa shape index (κ1) is 10.3. The van der Waals surface area contributed by atoms with E-state index in [1.54, 1.807) is 6.07 Å². The summed E-state index contributed by atoms with van der Waals surface area (Å²) in [7, 11) is 0. The molecule has 1 amide bonds. The molecule has 1 aromatic rings. The molecular formula is C9H12BrNO2. The maximum Gasteiger partial charge on any atom is 0.254 e. The summed E-state index contributed by atoms with van der Waals surface area (Å²) in [5, 5.41) is 3.68. The number of hydrogen-bond acceptors (Lipinski definition) is 2. The normalized spacial score (nSPS) is 10.0. The molecule has 0 aliphatic carbocycles. The van der Waals surface area contributed by atoms with Crippen LogP contribution < -0.4 is 5.32 Å². The minimum absolute atomic E-state index is 0.0715. The quantitative estimate of drug-likeness (QED) is 0.653. The second kappa shape index (κ2) is 5.07. The topological polar surface area (TPSA) is 42.2 Å². The standard InChI is InChI=1S/C9H12BrNO2/c1-7-5-8(6-13-7)9(12)11-4-2-3-10/h5-6H,2-4H2,1H3,(H,11,12). The fraction of sp³-hybridized carbons (Fsp3) is 0.444. The van der Waals surface area contributed by atoms with Gasteiger partial charge in [-0.3, -0.25) is 4.79 Å². The lowest BCUT2D eigenvalue weighted by Crippen LogP contribution is -2.24. The maximum absolute atomic E-state index is 11.3. The Hall–Kier alpha value is -0.770. The van der Waals surface area contributed by atoms with Crippen molar-refractivity contribution < 1.29 is 9.21 Å². The second-order valence-corrected chi connectivity index (χ2v) is 3.54. The van der Waals surface area contributed by atoms with Crippen LogP contribution in [-0.2, 0) is 0 Å². The molecule has 0 spiro atoms. The lowest BCUT2D eigenvalue weighted by atomic mass is 10.3. The summed E-state index contributed by atoms with van der Waals surface area (Å²) in [5.74, 6) is 0.684. The number of aryl methyl sites for hydroxylation is 1. The smallest absolute Gasteiger partial charge is 0.254 e. The summed E-state index contributed by atoms with van der Waals surface area (Å²) < 4.78 is 5.02. The molecule has 4 heteroatoms. The Bertz CT molecular complexity index is 283. The zero-order chi connectivity index (χ0) is 9.68. The Morgan fingerprint density at radius 3 is 3.00 bits per heavy atom. The van der Waals surface area contributed by atoms with E-state index in [0.717, 1.165) is 17.5 Å². The van der Waals surface area contributed by atoms with Crippen molar-refractivity contribution in [2.75, 3.05) is 11.9 Å². The highest BCUT2D eigenvalue weighted by Crippen LogP contribution is 2.05. The van der Waals surface area contributed by atoms with E-state index >= 15 is 0 Å². The fourth-order valence-electron chi connectivity index (χ4n) is 0.933. The summed E-state index contributed by atoms with van der Waals surface area (Å²) >= 11 is 3.29. The Morgan fingerprint density at radius 1 is 1.69 bits per heavy atom. The van der Waals surface area contributed by atoms with Crippen LogP contribution in [-0.4, -0.2) is 17.8 Å². The lowest BCUT2D eigenvalue weighted by Gasteiger charge is -1.99. The average molecular weight is 246 g/mol. The molecule has 0 saturated heterocycles. The van der Waals surface area contributed by atoms with Gasteiger partial charge in [-0.1, -0.05) is 15.9 Å². The van der Waals surface area contributed by atoms with Gasteiger partial charge in [0.05, 0.1) is 5.56 Å². The highest BCUT2D eigenvalue weighted by molar-refractivity contribution is 9.09. The van der Waals surface area contributed by atoms with Crippen molar-refractivity contribution in [2.24, 2.45) is 0 Å². The number of amides is 1. The molecule has 1 rings (SSSR count). The van der Waals surface area contributed by atoms with Crippen LogP contribution in [0.3, 0.4) is 0 Å². The predicted octanol–water partition coefficient (Wildman–Crippen LogP) is 2.10. The molecular weight excluding hydrogens is 234 g/mol. The molecule has 72 valence electrons. The van der Waals surface area contributed by atoms with Crippen LogP contribution in [0.25, 0.3) is 0 Å². The van der Waals surface area contributed by atoms with Crippen molar-refractivity contribution in [1.82, 2.24) is 5.32 Å². The number of rotatable bonds is 4. The number of hydrogen-bond donors (Lipinski definition) is 1. The molecule has 1 heterocycles. The van der Waals surface area contributed by atoms with Crippen LogP contribution in [0.4, 0.5) is 0 Å². The summed E-state index contributed by atoms with van der Waals surface area (Å²) in [5.41, 5.74) is 0.590. The molecule has 0 aliphatic rings. The number of alkyl halides is 1. The van der Waals surface area contributed by atoms with Gasteiger partial charge >= 0.3 is 0 Å². The Labute approximate surface area is 85.6 Å². The Balaban J connectivity index is 2.40. The molecule has 0 aliphatic heterocycles. The van der Waals surface area contributed by atoms with Gasteiger partial charge < -0.3 is 9.73 Å². The Kier molecular flexibility index (Phi) is 4.02. The molecule has 0 aromatic carbocycles. The SMILES string of the molecule is Cc1cc(C(=O)NCCCBr)co1. The highest BCUT2D eigenvalue weighted by Gasteiger charge is 2.06. The van der Waals surface area contributed by atoms with E-state index in [4.69, 9.17) is 4.42 Å². The largest absolute Gasteiger partial charge is 0.469 e. The van der Waals surface area contributed by atoms with Crippen LogP contribution in [0.1, 0.15) is 22.5 Å². The Morgan fingerprint density at radius 2 is 2.46 bits per heavy atom.